The van der Waals surface area contributed by atoms with E-state index < -0.39 is 6.04 Å². The van der Waals surface area contributed by atoms with Crippen molar-refractivity contribution in [1.29, 1.82) is 0 Å². The van der Waals surface area contributed by atoms with Crippen LogP contribution in [0.5, 0.6) is 0 Å². The Morgan fingerprint density at radius 2 is 2.00 bits per heavy atom. The third kappa shape index (κ3) is 2.24. The summed E-state index contributed by atoms with van der Waals surface area (Å²) in [5.74, 6) is -0.407. The van der Waals surface area contributed by atoms with Crippen LogP contribution in [0.1, 0.15) is 16.8 Å². The summed E-state index contributed by atoms with van der Waals surface area (Å²) in [6.45, 7) is 0.449. The summed E-state index contributed by atoms with van der Waals surface area (Å²) in [5, 5.41) is 5.45. The van der Waals surface area contributed by atoms with Gasteiger partial charge in [-0.2, -0.15) is 0 Å². The highest BCUT2D eigenvalue weighted by molar-refractivity contribution is 5.96. The molecule has 1 unspecified atom stereocenters. The van der Waals surface area contributed by atoms with Crippen LogP contribution in [-0.4, -0.2) is 47.8 Å². The molecular weight excluding hydrogens is 258 g/mol. The summed E-state index contributed by atoms with van der Waals surface area (Å²) in [6, 6.07) is 8.27. The second-order valence-electron chi connectivity index (χ2n) is 5.05. The molecule has 20 heavy (non-hydrogen) atoms. The molecule has 6 nitrogen and oxygen atoms in total. The van der Waals surface area contributed by atoms with Crippen molar-refractivity contribution in [3.63, 3.8) is 0 Å². The van der Waals surface area contributed by atoms with Crippen LogP contribution in [0.15, 0.2) is 30.3 Å². The number of carbonyl (C=O) groups is 3. The van der Waals surface area contributed by atoms with E-state index >= 15 is 0 Å². The predicted molar refractivity (Wildman–Crippen MR) is 70.8 cm³/mol. The van der Waals surface area contributed by atoms with Gasteiger partial charge in [0.15, 0.2) is 0 Å². The van der Waals surface area contributed by atoms with Gasteiger partial charge in [-0.1, -0.05) is 18.2 Å². The van der Waals surface area contributed by atoms with Gasteiger partial charge in [-0.3, -0.25) is 14.4 Å². The monoisotopic (exact) mass is 273 g/mol. The van der Waals surface area contributed by atoms with Crippen molar-refractivity contribution in [2.24, 2.45) is 0 Å². The van der Waals surface area contributed by atoms with Crippen LogP contribution in [0.3, 0.4) is 0 Å². The molecule has 104 valence electrons. The maximum absolute atomic E-state index is 12.1. The van der Waals surface area contributed by atoms with Gasteiger partial charge in [-0.05, 0) is 18.6 Å². The molecule has 2 heterocycles. The first-order chi connectivity index (χ1) is 9.65. The van der Waals surface area contributed by atoms with E-state index in [0.29, 0.717) is 18.5 Å². The largest absolute Gasteiger partial charge is 0.347 e. The Hall–Kier alpha value is -2.37. The molecule has 3 amide bonds. The fraction of sp³-hybridized carbons (Fsp3) is 0.357. The Labute approximate surface area is 116 Å². The van der Waals surface area contributed by atoms with Crippen LogP contribution in [0.2, 0.25) is 0 Å². The summed E-state index contributed by atoms with van der Waals surface area (Å²) in [4.78, 5) is 37.0. The number of nitrogens with zero attached hydrogens (tertiary/aromatic N) is 1. The summed E-state index contributed by atoms with van der Waals surface area (Å²) >= 11 is 0. The van der Waals surface area contributed by atoms with Crippen LogP contribution in [-0.2, 0) is 9.59 Å². The Bertz CT molecular complexity index is 534. The first kappa shape index (κ1) is 12.7. The molecule has 2 aliphatic rings. The van der Waals surface area contributed by atoms with E-state index in [4.69, 9.17) is 0 Å². The molecule has 0 spiro atoms. The molecule has 2 N–H and O–H groups in total. The fourth-order valence-electron chi connectivity index (χ4n) is 2.71. The number of hydrogen-bond acceptors (Lipinski definition) is 3. The molecule has 0 aromatic heterocycles. The summed E-state index contributed by atoms with van der Waals surface area (Å²) in [5.41, 5.74) is 0.577. The average molecular weight is 273 g/mol. The second-order valence-corrected chi connectivity index (χ2v) is 5.05. The van der Waals surface area contributed by atoms with E-state index in [2.05, 4.69) is 10.6 Å². The lowest BCUT2D eigenvalue weighted by atomic mass is 10.1. The number of nitrogens with one attached hydrogen (secondary N) is 2. The van der Waals surface area contributed by atoms with E-state index in [9.17, 15) is 14.4 Å². The van der Waals surface area contributed by atoms with Crippen molar-refractivity contribution < 1.29 is 14.4 Å². The zero-order valence-electron chi connectivity index (χ0n) is 10.8. The number of benzene rings is 1. The lowest BCUT2D eigenvalue weighted by molar-refractivity contribution is -0.143. The van der Waals surface area contributed by atoms with Gasteiger partial charge in [0.1, 0.15) is 6.04 Å². The smallest absolute Gasteiger partial charge is 0.251 e. The highest BCUT2D eigenvalue weighted by Gasteiger charge is 2.42. The fourth-order valence-corrected chi connectivity index (χ4v) is 2.71. The van der Waals surface area contributed by atoms with E-state index in [1.165, 1.54) is 0 Å². The molecule has 0 radical (unpaired) electrons. The van der Waals surface area contributed by atoms with Gasteiger partial charge in [-0.15, -0.1) is 0 Å². The molecule has 2 saturated heterocycles. The van der Waals surface area contributed by atoms with Crippen molar-refractivity contribution in [2.75, 3.05) is 13.1 Å². The Kier molecular flexibility index (Phi) is 3.14. The maximum Gasteiger partial charge on any atom is 0.251 e. The zero-order chi connectivity index (χ0) is 14.1. The highest BCUT2D eigenvalue weighted by atomic mass is 16.2. The lowest BCUT2D eigenvalue weighted by Gasteiger charge is -2.28. The SMILES string of the molecule is O=C(N[C@@H]1CC2C(=O)NCC(=O)N2C1)c1ccccc1. The van der Waals surface area contributed by atoms with Crippen LogP contribution in [0, 0.1) is 0 Å². The Morgan fingerprint density at radius 1 is 1.25 bits per heavy atom. The van der Waals surface area contributed by atoms with Gasteiger partial charge in [0.2, 0.25) is 11.8 Å². The van der Waals surface area contributed by atoms with Crippen LogP contribution in [0.25, 0.3) is 0 Å². The van der Waals surface area contributed by atoms with Gasteiger partial charge in [-0.25, -0.2) is 0 Å². The minimum atomic E-state index is -0.447. The van der Waals surface area contributed by atoms with E-state index in [1.807, 2.05) is 6.07 Å². The van der Waals surface area contributed by atoms with E-state index in [-0.39, 0.29) is 30.3 Å². The number of rotatable bonds is 2. The highest BCUT2D eigenvalue weighted by Crippen LogP contribution is 2.20. The van der Waals surface area contributed by atoms with Crippen molar-refractivity contribution in [1.82, 2.24) is 15.5 Å². The van der Waals surface area contributed by atoms with E-state index in [0.717, 1.165) is 0 Å². The molecule has 0 aliphatic carbocycles. The number of carbonyl (C=O) groups excluding carboxylic acids is 3. The molecule has 1 aromatic rings. The summed E-state index contributed by atoms with van der Waals surface area (Å²) in [6.07, 6.45) is 0.468. The maximum atomic E-state index is 12.1. The van der Waals surface area contributed by atoms with Crippen LogP contribution in [0.4, 0.5) is 0 Å². The van der Waals surface area contributed by atoms with Gasteiger partial charge in [0.05, 0.1) is 6.54 Å². The standard InChI is InChI=1S/C14H15N3O3/c18-12-7-15-14(20)11-6-10(8-17(11)12)16-13(19)9-4-2-1-3-5-9/h1-5,10-11H,6-8H2,(H,15,20)(H,16,19)/t10-,11?/m1/s1. The molecule has 0 saturated carbocycles. The van der Waals surface area contributed by atoms with Crippen molar-refractivity contribution in [3.8, 4) is 0 Å². The van der Waals surface area contributed by atoms with Crippen LogP contribution < -0.4 is 10.6 Å². The lowest BCUT2D eigenvalue weighted by Crippen LogP contribution is -2.55. The average Bonchev–Trinajstić information content (AvgIpc) is 2.89. The Balaban J connectivity index is 1.67. The minimum absolute atomic E-state index is 0.0503. The second kappa shape index (κ2) is 4.96. The van der Waals surface area contributed by atoms with Gasteiger partial charge < -0.3 is 15.5 Å². The topological polar surface area (TPSA) is 78.5 Å². The van der Waals surface area contributed by atoms with Crippen molar-refractivity contribution in [2.45, 2.75) is 18.5 Å². The van der Waals surface area contributed by atoms with Gasteiger partial charge >= 0.3 is 0 Å². The predicted octanol–water partition coefficient (Wildman–Crippen LogP) is -0.484. The molecule has 2 atom stereocenters. The molecule has 6 heteroatoms. The third-order valence-electron chi connectivity index (χ3n) is 3.71. The molecular formula is C14H15N3O3. The van der Waals surface area contributed by atoms with Gasteiger partial charge in [0.25, 0.3) is 5.91 Å². The van der Waals surface area contributed by atoms with Crippen molar-refractivity contribution >= 4 is 17.7 Å². The zero-order valence-corrected chi connectivity index (χ0v) is 10.8. The minimum Gasteiger partial charge on any atom is -0.347 e. The number of amides is 3. The molecule has 1 aromatic carbocycles. The van der Waals surface area contributed by atoms with Gasteiger partial charge in [0, 0.05) is 18.2 Å². The van der Waals surface area contributed by atoms with Crippen molar-refractivity contribution in [3.05, 3.63) is 35.9 Å². The quantitative estimate of drug-likeness (QED) is 0.763. The number of piperazine rings is 1. The Morgan fingerprint density at radius 3 is 2.70 bits per heavy atom. The molecule has 0 bridgehead atoms. The molecule has 3 rings (SSSR count). The molecule has 2 aliphatic heterocycles. The van der Waals surface area contributed by atoms with Crippen LogP contribution >= 0.6 is 0 Å². The third-order valence-corrected chi connectivity index (χ3v) is 3.71. The first-order valence-corrected chi connectivity index (χ1v) is 6.58. The van der Waals surface area contributed by atoms with E-state index in [1.54, 1.807) is 29.2 Å². The molecule has 2 fully saturated rings. The first-order valence-electron chi connectivity index (χ1n) is 6.58. The normalized spacial score (nSPS) is 25.1. The number of hydrogen-bond donors (Lipinski definition) is 2. The summed E-state index contributed by atoms with van der Waals surface area (Å²) in [7, 11) is 0. The summed E-state index contributed by atoms with van der Waals surface area (Å²) < 4.78 is 0. The number of fused-ring (bicyclic) bond motifs is 1.